The summed E-state index contributed by atoms with van der Waals surface area (Å²) in [4.78, 5) is 4.84. The number of aliphatic imine (C=N–C) groups is 1. The van der Waals surface area contributed by atoms with Crippen molar-refractivity contribution >= 4 is 36.7 Å². The molecule has 2 N–H and O–H groups in total. The Morgan fingerprint density at radius 2 is 2.26 bits per heavy atom. The molecule has 2 aromatic heterocycles. The van der Waals surface area contributed by atoms with Crippen LogP contribution in [0.1, 0.15) is 24.6 Å². The second-order valence-electron chi connectivity index (χ2n) is 5.62. The van der Waals surface area contributed by atoms with E-state index in [0.717, 1.165) is 17.8 Å². The van der Waals surface area contributed by atoms with Crippen LogP contribution in [-0.4, -0.2) is 24.7 Å². The lowest BCUT2D eigenvalue weighted by Gasteiger charge is -2.11. The maximum absolute atomic E-state index is 5.83. The molecule has 0 unspecified atom stereocenters. The molecule has 0 fully saturated rings. The van der Waals surface area contributed by atoms with Gasteiger partial charge in [-0.05, 0) is 78.3 Å². The zero-order chi connectivity index (χ0) is 16.2. The van der Waals surface area contributed by atoms with Gasteiger partial charge < -0.3 is 10.2 Å². The van der Waals surface area contributed by atoms with Crippen molar-refractivity contribution in [2.75, 3.05) is 6.54 Å². The summed E-state index contributed by atoms with van der Waals surface area (Å²) in [7, 11) is 2.06. The summed E-state index contributed by atoms with van der Waals surface area (Å²) in [5, 5.41) is 4.21. The number of hydrogen-bond donors (Lipinski definition) is 1. The third kappa shape index (κ3) is 3.46. The Kier molecular flexibility index (Phi) is 4.79. The van der Waals surface area contributed by atoms with E-state index in [9.17, 15) is 0 Å². The predicted molar refractivity (Wildman–Crippen MR) is 104 cm³/mol. The van der Waals surface area contributed by atoms with Crippen LogP contribution in [0.5, 0.6) is 0 Å². The molecule has 23 heavy (non-hydrogen) atoms. The van der Waals surface area contributed by atoms with Crippen molar-refractivity contribution in [2.24, 2.45) is 10.7 Å². The van der Waals surface area contributed by atoms with Gasteiger partial charge in [-0.2, -0.15) is 11.3 Å². The molecule has 0 bridgehead atoms. The zero-order valence-corrected chi connectivity index (χ0v) is 14.3. The molecule has 116 valence electrons. The molecule has 0 radical (unpaired) electrons. The molecule has 1 aliphatic heterocycles. The van der Waals surface area contributed by atoms with E-state index in [1.165, 1.54) is 22.4 Å². The zero-order valence-electron chi connectivity index (χ0n) is 13.5. The van der Waals surface area contributed by atoms with E-state index in [2.05, 4.69) is 72.8 Å². The lowest BCUT2D eigenvalue weighted by Crippen LogP contribution is -2.05. The van der Waals surface area contributed by atoms with Crippen molar-refractivity contribution < 1.29 is 0 Å². The fourth-order valence-corrected chi connectivity index (χ4v) is 3.40. The van der Waals surface area contributed by atoms with Crippen LogP contribution >= 0.6 is 11.3 Å². The second kappa shape index (κ2) is 6.98. The molecule has 0 saturated heterocycles. The van der Waals surface area contributed by atoms with Crippen LogP contribution in [-0.2, 0) is 0 Å². The molecule has 3 nitrogen and oxygen atoms in total. The van der Waals surface area contributed by atoms with Gasteiger partial charge >= 0.3 is 0 Å². The lowest BCUT2D eigenvalue weighted by molar-refractivity contribution is 0.997. The Morgan fingerprint density at radius 1 is 1.39 bits per heavy atom. The first-order valence-electron chi connectivity index (χ1n) is 7.71. The summed E-state index contributed by atoms with van der Waals surface area (Å²) in [6.07, 6.45) is 9.19. The lowest BCUT2D eigenvalue weighted by atomic mass is 10.0. The number of rotatable bonds is 5. The Hall–Kier alpha value is -2.11. The molecule has 0 atom stereocenters. The number of aromatic nitrogens is 1. The average molecular weight is 321 g/mol. The summed E-state index contributed by atoms with van der Waals surface area (Å²) < 4.78 is 2.12. The summed E-state index contributed by atoms with van der Waals surface area (Å²) in [6, 6.07) is 6.29. The van der Waals surface area contributed by atoms with Gasteiger partial charge in [0.2, 0.25) is 7.98 Å². The molecular weight excluding hydrogens is 301 g/mol. The molecule has 3 heterocycles. The molecule has 0 aromatic carbocycles. The van der Waals surface area contributed by atoms with Gasteiger partial charge in [0.25, 0.3) is 0 Å². The van der Waals surface area contributed by atoms with Crippen LogP contribution in [0.15, 0.2) is 63.6 Å². The SMILES string of the molecule is Bn1cccc1/C(CCN)=C1N=C(/C=C/c2ccsc2)C=C\1C. The normalized spacial score (nSPS) is 16.8. The molecule has 0 amide bonds. The Labute approximate surface area is 142 Å². The monoisotopic (exact) mass is 321 g/mol. The summed E-state index contributed by atoms with van der Waals surface area (Å²) >= 11 is 1.70. The van der Waals surface area contributed by atoms with E-state index in [1.807, 2.05) is 0 Å². The minimum Gasteiger partial charge on any atom is -0.399 e. The van der Waals surface area contributed by atoms with Crippen LogP contribution in [0.4, 0.5) is 0 Å². The fraction of sp³-hybridized carbons (Fsp3) is 0.167. The highest BCUT2D eigenvalue weighted by atomic mass is 32.1. The molecule has 3 rings (SSSR count). The first kappa shape index (κ1) is 15.8. The molecule has 5 heteroatoms. The maximum atomic E-state index is 5.83. The third-order valence-corrected chi connectivity index (χ3v) is 4.60. The van der Waals surface area contributed by atoms with E-state index in [-0.39, 0.29) is 0 Å². The van der Waals surface area contributed by atoms with Crippen LogP contribution in [0.3, 0.4) is 0 Å². The van der Waals surface area contributed by atoms with Crippen molar-refractivity contribution in [3.8, 4) is 0 Å². The Bertz CT molecular complexity index is 807. The van der Waals surface area contributed by atoms with Gasteiger partial charge in [-0.15, -0.1) is 0 Å². The standard InChI is InChI=1S/C18H20BN3S/c1-13-11-15(5-4-14-7-10-23-12-14)21-18(13)16(6-8-20)17-3-2-9-22(17)19/h2-5,7,9-12H,6,8,19-20H2,1H3/b5-4+,18-16-. The third-order valence-electron chi connectivity index (χ3n) is 3.90. The second-order valence-corrected chi connectivity index (χ2v) is 6.40. The summed E-state index contributed by atoms with van der Waals surface area (Å²) in [6.45, 7) is 2.73. The van der Waals surface area contributed by atoms with E-state index >= 15 is 0 Å². The molecular formula is C18H20BN3S. The number of thiophene rings is 1. The first-order valence-corrected chi connectivity index (χ1v) is 8.66. The van der Waals surface area contributed by atoms with Crippen molar-refractivity contribution in [3.05, 3.63) is 69.8 Å². The Morgan fingerprint density at radius 3 is 2.91 bits per heavy atom. The predicted octanol–water partition coefficient (Wildman–Crippen LogP) is 3.12. The molecule has 0 saturated carbocycles. The topological polar surface area (TPSA) is 43.3 Å². The minimum atomic E-state index is 0.618. The van der Waals surface area contributed by atoms with E-state index in [0.29, 0.717) is 6.54 Å². The highest BCUT2D eigenvalue weighted by Crippen LogP contribution is 2.30. The van der Waals surface area contributed by atoms with Crippen molar-refractivity contribution in [2.45, 2.75) is 13.3 Å². The number of nitrogens with zero attached hydrogens (tertiary/aromatic N) is 2. The average Bonchev–Trinajstić information content (AvgIpc) is 3.25. The van der Waals surface area contributed by atoms with E-state index in [1.54, 1.807) is 11.3 Å². The first-order chi connectivity index (χ1) is 11.2. The van der Waals surface area contributed by atoms with Gasteiger partial charge in [0.1, 0.15) is 0 Å². The van der Waals surface area contributed by atoms with E-state index in [4.69, 9.17) is 10.7 Å². The van der Waals surface area contributed by atoms with Crippen molar-refractivity contribution in [3.63, 3.8) is 0 Å². The summed E-state index contributed by atoms with van der Waals surface area (Å²) in [5.74, 6) is 0. The van der Waals surface area contributed by atoms with Crippen molar-refractivity contribution in [1.82, 2.24) is 4.48 Å². The number of allylic oxidation sites excluding steroid dienone is 3. The molecule has 2 aromatic rings. The van der Waals surface area contributed by atoms with Crippen LogP contribution in [0.25, 0.3) is 11.6 Å². The minimum absolute atomic E-state index is 0.618. The van der Waals surface area contributed by atoms with Gasteiger partial charge in [0.15, 0.2) is 0 Å². The fourth-order valence-electron chi connectivity index (χ4n) is 2.77. The van der Waals surface area contributed by atoms with Crippen LogP contribution < -0.4 is 5.73 Å². The highest BCUT2D eigenvalue weighted by molar-refractivity contribution is 7.08. The number of nitrogens with two attached hydrogens (primary N) is 1. The van der Waals surface area contributed by atoms with Gasteiger partial charge in [-0.1, -0.05) is 6.08 Å². The van der Waals surface area contributed by atoms with Gasteiger partial charge in [-0.25, -0.2) is 4.99 Å². The molecule has 0 spiro atoms. The van der Waals surface area contributed by atoms with Gasteiger partial charge in [0.05, 0.1) is 11.4 Å². The quantitative estimate of drug-likeness (QED) is 0.845. The summed E-state index contributed by atoms with van der Waals surface area (Å²) in [5.41, 5.74) is 12.7. The smallest absolute Gasteiger partial charge is 0.223 e. The highest BCUT2D eigenvalue weighted by Gasteiger charge is 2.16. The number of hydrogen-bond acceptors (Lipinski definition) is 3. The van der Waals surface area contributed by atoms with Crippen molar-refractivity contribution in [1.29, 1.82) is 0 Å². The molecule has 1 aliphatic rings. The van der Waals surface area contributed by atoms with E-state index < -0.39 is 0 Å². The Balaban J connectivity index is 1.97. The van der Waals surface area contributed by atoms with Crippen LogP contribution in [0, 0.1) is 0 Å². The van der Waals surface area contributed by atoms with Gasteiger partial charge in [0, 0.05) is 11.3 Å². The molecule has 0 aliphatic carbocycles. The van der Waals surface area contributed by atoms with Crippen LogP contribution in [0.2, 0.25) is 0 Å². The maximum Gasteiger partial charge on any atom is 0.223 e. The van der Waals surface area contributed by atoms with Gasteiger partial charge in [-0.3, -0.25) is 0 Å². The largest absolute Gasteiger partial charge is 0.399 e.